The van der Waals surface area contributed by atoms with Crippen LogP contribution >= 0.6 is 0 Å². The summed E-state index contributed by atoms with van der Waals surface area (Å²) in [6.07, 6.45) is 3.25. The number of carbonyl (C=O) groups excluding carboxylic acids is 4. The zero-order chi connectivity index (χ0) is 22.0. The van der Waals surface area contributed by atoms with Crippen molar-refractivity contribution >= 4 is 29.4 Å². The van der Waals surface area contributed by atoms with Gasteiger partial charge in [-0.05, 0) is 31.9 Å². The Bertz CT molecular complexity index is 826. The number of imide groups is 1. The predicted molar refractivity (Wildman–Crippen MR) is 113 cm³/mol. The van der Waals surface area contributed by atoms with E-state index in [-0.39, 0.29) is 36.2 Å². The first-order valence-electron chi connectivity index (χ1n) is 11.1. The van der Waals surface area contributed by atoms with Crippen molar-refractivity contribution in [2.24, 2.45) is 11.8 Å². The Hall–Kier alpha value is -2.90. The number of nitrogens with zero attached hydrogens (tertiary/aromatic N) is 3. The molecule has 0 aromatic heterocycles. The van der Waals surface area contributed by atoms with Gasteiger partial charge in [0.05, 0.1) is 11.8 Å². The molecule has 31 heavy (non-hydrogen) atoms. The van der Waals surface area contributed by atoms with Crippen LogP contribution in [0, 0.1) is 11.8 Å². The van der Waals surface area contributed by atoms with Crippen molar-refractivity contribution in [1.82, 2.24) is 9.80 Å². The summed E-state index contributed by atoms with van der Waals surface area (Å²) in [4.78, 5) is 55.3. The highest BCUT2D eigenvalue weighted by Gasteiger charge is 2.51. The Kier molecular flexibility index (Phi) is 6.25. The van der Waals surface area contributed by atoms with E-state index in [1.807, 2.05) is 30.3 Å². The van der Waals surface area contributed by atoms with Crippen LogP contribution in [0.5, 0.6) is 0 Å². The van der Waals surface area contributed by atoms with E-state index < -0.39 is 12.0 Å². The number of hydrogen-bond donors (Lipinski definition) is 0. The van der Waals surface area contributed by atoms with Gasteiger partial charge in [-0.2, -0.15) is 0 Å². The summed E-state index contributed by atoms with van der Waals surface area (Å²) in [5.41, 5.74) is 1.12. The number of rotatable bonds is 5. The fourth-order valence-electron chi connectivity index (χ4n) is 4.87. The predicted octanol–water partition coefficient (Wildman–Crippen LogP) is 1.44. The number of ether oxygens (including phenoxy) is 1. The zero-order valence-corrected chi connectivity index (χ0v) is 17.9. The monoisotopic (exact) mass is 427 g/mol. The number of anilines is 1. The number of fused-ring (bicyclic) bond motifs is 1. The molecule has 4 rings (SSSR count). The molecule has 0 bridgehead atoms. The van der Waals surface area contributed by atoms with Gasteiger partial charge in [-0.25, -0.2) is 4.79 Å². The van der Waals surface area contributed by atoms with Crippen molar-refractivity contribution in [2.75, 3.05) is 37.7 Å². The third-order valence-electron chi connectivity index (χ3n) is 6.70. The van der Waals surface area contributed by atoms with Crippen LogP contribution in [-0.2, 0) is 23.9 Å². The third-order valence-corrected chi connectivity index (χ3v) is 6.70. The van der Waals surface area contributed by atoms with E-state index in [9.17, 15) is 19.2 Å². The summed E-state index contributed by atoms with van der Waals surface area (Å²) in [5.74, 6) is -2.14. The summed E-state index contributed by atoms with van der Waals surface area (Å²) in [7, 11) is 0. The number of esters is 1. The molecule has 1 aromatic rings. The molecule has 0 radical (unpaired) electrons. The van der Waals surface area contributed by atoms with Gasteiger partial charge in [0.1, 0.15) is 6.04 Å². The lowest BCUT2D eigenvalue weighted by Crippen LogP contribution is -2.50. The first-order valence-corrected chi connectivity index (χ1v) is 11.1. The smallest absolute Gasteiger partial charge is 0.329 e. The summed E-state index contributed by atoms with van der Waals surface area (Å²) in [5, 5.41) is 0. The van der Waals surface area contributed by atoms with Crippen LogP contribution in [0.3, 0.4) is 0 Å². The molecule has 0 N–H and O–H groups in total. The summed E-state index contributed by atoms with van der Waals surface area (Å²) < 4.78 is 5.20. The van der Waals surface area contributed by atoms with Crippen LogP contribution < -0.4 is 4.90 Å². The molecular weight excluding hydrogens is 398 g/mol. The van der Waals surface area contributed by atoms with Gasteiger partial charge in [0.15, 0.2) is 6.61 Å². The second kappa shape index (κ2) is 9.08. The van der Waals surface area contributed by atoms with E-state index in [0.29, 0.717) is 39.0 Å². The second-order valence-corrected chi connectivity index (χ2v) is 8.53. The molecule has 3 fully saturated rings. The van der Waals surface area contributed by atoms with E-state index in [0.717, 1.165) is 23.4 Å². The second-order valence-electron chi connectivity index (χ2n) is 8.53. The van der Waals surface area contributed by atoms with Crippen LogP contribution in [0.2, 0.25) is 0 Å². The first-order chi connectivity index (χ1) is 15.0. The van der Waals surface area contributed by atoms with E-state index in [2.05, 4.69) is 4.90 Å². The first kappa shape index (κ1) is 21.3. The van der Waals surface area contributed by atoms with Gasteiger partial charge < -0.3 is 14.5 Å². The average molecular weight is 428 g/mol. The molecule has 1 aliphatic carbocycles. The highest BCUT2D eigenvalue weighted by Crippen LogP contribution is 2.38. The van der Waals surface area contributed by atoms with Crippen LogP contribution in [0.4, 0.5) is 5.69 Å². The maximum absolute atomic E-state index is 12.6. The van der Waals surface area contributed by atoms with Gasteiger partial charge in [0.25, 0.3) is 5.91 Å². The lowest BCUT2D eigenvalue weighted by atomic mass is 9.81. The van der Waals surface area contributed by atoms with Crippen molar-refractivity contribution in [3.05, 3.63) is 30.3 Å². The Morgan fingerprint density at radius 3 is 2.13 bits per heavy atom. The number of para-hydroxylation sites is 1. The molecule has 2 heterocycles. The van der Waals surface area contributed by atoms with Gasteiger partial charge in [0.2, 0.25) is 11.8 Å². The molecule has 166 valence electrons. The number of amides is 3. The van der Waals surface area contributed by atoms with Gasteiger partial charge >= 0.3 is 5.97 Å². The van der Waals surface area contributed by atoms with E-state index >= 15 is 0 Å². The molecule has 3 amide bonds. The zero-order valence-electron chi connectivity index (χ0n) is 17.9. The van der Waals surface area contributed by atoms with Crippen molar-refractivity contribution < 1.29 is 23.9 Å². The van der Waals surface area contributed by atoms with E-state index in [4.69, 9.17) is 4.74 Å². The molecule has 8 nitrogen and oxygen atoms in total. The van der Waals surface area contributed by atoms with E-state index in [1.165, 1.54) is 6.92 Å². The summed E-state index contributed by atoms with van der Waals surface area (Å²) >= 11 is 0. The van der Waals surface area contributed by atoms with Crippen LogP contribution in [0.25, 0.3) is 0 Å². The number of hydrogen-bond acceptors (Lipinski definition) is 6. The maximum atomic E-state index is 12.6. The fraction of sp³-hybridized carbons (Fsp3) is 0.565. The minimum absolute atomic E-state index is 0.263. The topological polar surface area (TPSA) is 87.2 Å². The molecule has 1 aromatic carbocycles. The molecule has 3 atom stereocenters. The SMILES string of the molecule is C[C@@H](C(=O)OCC(=O)N1CCN(c2ccccc2)CC1)N1C(=O)[C@H]2CCCC[C@@H]2C1=O. The quantitative estimate of drug-likeness (QED) is 0.522. The van der Waals surface area contributed by atoms with Gasteiger partial charge in [-0.15, -0.1) is 0 Å². The Morgan fingerprint density at radius 2 is 1.55 bits per heavy atom. The van der Waals surface area contributed by atoms with Crippen molar-refractivity contribution in [2.45, 2.75) is 38.6 Å². The largest absolute Gasteiger partial charge is 0.454 e. The highest BCUT2D eigenvalue weighted by atomic mass is 16.5. The third kappa shape index (κ3) is 4.29. The van der Waals surface area contributed by atoms with Crippen molar-refractivity contribution in [1.29, 1.82) is 0 Å². The van der Waals surface area contributed by atoms with E-state index in [1.54, 1.807) is 4.90 Å². The van der Waals surface area contributed by atoms with Gasteiger partial charge in [-0.3, -0.25) is 19.3 Å². The number of likely N-dealkylation sites (tertiary alicyclic amines) is 1. The van der Waals surface area contributed by atoms with Gasteiger partial charge in [0, 0.05) is 31.9 Å². The summed E-state index contributed by atoms with van der Waals surface area (Å²) in [6.45, 7) is 3.63. The lowest BCUT2D eigenvalue weighted by molar-refractivity contribution is -0.161. The number of carbonyl (C=O) groups is 4. The molecular formula is C23H29N3O5. The number of benzene rings is 1. The molecule has 1 saturated carbocycles. The van der Waals surface area contributed by atoms with Crippen LogP contribution in [-0.4, -0.2) is 72.3 Å². The molecule has 3 aliphatic rings. The molecule has 0 spiro atoms. The fourth-order valence-corrected chi connectivity index (χ4v) is 4.87. The molecule has 2 saturated heterocycles. The Balaban J connectivity index is 1.26. The Labute approximate surface area is 182 Å². The van der Waals surface area contributed by atoms with Crippen LogP contribution in [0.15, 0.2) is 30.3 Å². The normalized spacial score (nSPS) is 24.7. The lowest BCUT2D eigenvalue weighted by Gasteiger charge is -2.36. The summed E-state index contributed by atoms with van der Waals surface area (Å²) in [6, 6.07) is 9.01. The van der Waals surface area contributed by atoms with Gasteiger partial charge in [-0.1, -0.05) is 31.0 Å². The minimum atomic E-state index is -1.01. The average Bonchev–Trinajstić information content (AvgIpc) is 3.07. The van der Waals surface area contributed by atoms with Crippen LogP contribution in [0.1, 0.15) is 32.6 Å². The maximum Gasteiger partial charge on any atom is 0.329 e. The minimum Gasteiger partial charge on any atom is -0.454 e. The highest BCUT2D eigenvalue weighted by molar-refractivity contribution is 6.07. The van der Waals surface area contributed by atoms with Crippen molar-refractivity contribution in [3.63, 3.8) is 0 Å². The number of piperazine rings is 1. The molecule has 8 heteroatoms. The standard InChI is InChI=1S/C23H29N3O5/c1-16(26-21(28)18-9-5-6-10-19(18)22(26)29)23(30)31-15-20(27)25-13-11-24(12-14-25)17-7-3-2-4-8-17/h2-4,7-8,16,18-19H,5-6,9-15H2,1H3/t16-,18-,19-/m0/s1. The van der Waals surface area contributed by atoms with Crippen molar-refractivity contribution in [3.8, 4) is 0 Å². The molecule has 0 unspecified atom stereocenters. The Morgan fingerprint density at radius 1 is 0.968 bits per heavy atom. The molecule has 2 aliphatic heterocycles.